The normalized spacial score (nSPS) is 17.1. The Labute approximate surface area is 158 Å². The molecule has 1 saturated heterocycles. The van der Waals surface area contributed by atoms with E-state index < -0.39 is 0 Å². The number of aromatic nitrogens is 2. The second-order valence-electron chi connectivity index (χ2n) is 7.08. The van der Waals surface area contributed by atoms with Crippen LogP contribution in [0.25, 0.3) is 5.69 Å². The first-order valence-electron chi connectivity index (χ1n) is 9.67. The maximum absolute atomic E-state index is 13.2. The number of benzene rings is 1. The summed E-state index contributed by atoms with van der Waals surface area (Å²) in [6.45, 7) is 5.10. The number of nitrogens with one attached hydrogen (secondary N) is 1. The van der Waals surface area contributed by atoms with Crippen molar-refractivity contribution in [3.05, 3.63) is 47.0 Å². The van der Waals surface area contributed by atoms with Crippen LogP contribution in [0.15, 0.2) is 24.3 Å². The molecule has 0 radical (unpaired) electrons. The van der Waals surface area contributed by atoms with E-state index in [1.807, 2.05) is 0 Å². The highest BCUT2D eigenvalue weighted by Gasteiger charge is 2.26. The molecular weight excluding hydrogens is 347 g/mol. The molecule has 0 saturated carbocycles. The van der Waals surface area contributed by atoms with E-state index in [1.54, 1.807) is 16.8 Å². The van der Waals surface area contributed by atoms with Crippen molar-refractivity contribution in [1.29, 1.82) is 0 Å². The lowest BCUT2D eigenvalue weighted by Crippen LogP contribution is -2.38. The number of hydrogen-bond donors (Lipinski definition) is 1. The van der Waals surface area contributed by atoms with Crippen molar-refractivity contribution in [2.45, 2.75) is 25.7 Å². The number of morpholine rings is 1. The van der Waals surface area contributed by atoms with Gasteiger partial charge in [0.05, 0.1) is 18.9 Å². The van der Waals surface area contributed by atoms with E-state index in [2.05, 4.69) is 15.3 Å². The molecule has 1 amide bonds. The lowest BCUT2D eigenvalue weighted by atomic mass is 10.2. The molecule has 1 N–H and O–H groups in total. The van der Waals surface area contributed by atoms with Gasteiger partial charge in [0.15, 0.2) is 5.69 Å². The highest BCUT2D eigenvalue weighted by Crippen LogP contribution is 2.27. The van der Waals surface area contributed by atoms with E-state index in [9.17, 15) is 9.18 Å². The zero-order valence-electron chi connectivity index (χ0n) is 15.4. The summed E-state index contributed by atoms with van der Waals surface area (Å²) in [6.07, 6.45) is 3.69. The summed E-state index contributed by atoms with van der Waals surface area (Å²) in [5.41, 5.74) is 3.41. The molecule has 2 heterocycles. The van der Waals surface area contributed by atoms with Gasteiger partial charge in [0.25, 0.3) is 5.91 Å². The largest absolute Gasteiger partial charge is 0.379 e. The average Bonchev–Trinajstić information content (AvgIpc) is 3.29. The molecule has 1 aromatic carbocycles. The average molecular weight is 372 g/mol. The fourth-order valence-electron chi connectivity index (χ4n) is 3.83. The molecule has 2 aliphatic rings. The summed E-state index contributed by atoms with van der Waals surface area (Å²) in [4.78, 5) is 15.0. The third-order valence-corrected chi connectivity index (χ3v) is 5.26. The third kappa shape index (κ3) is 4.04. The topological polar surface area (TPSA) is 59.4 Å². The smallest absolute Gasteiger partial charge is 0.272 e. The van der Waals surface area contributed by atoms with E-state index in [0.717, 1.165) is 75.5 Å². The number of fused-ring (bicyclic) bond motifs is 1. The van der Waals surface area contributed by atoms with Gasteiger partial charge in [-0.2, -0.15) is 5.10 Å². The molecule has 27 heavy (non-hydrogen) atoms. The summed E-state index contributed by atoms with van der Waals surface area (Å²) in [5, 5.41) is 7.56. The van der Waals surface area contributed by atoms with Crippen LogP contribution in [0.5, 0.6) is 0 Å². The van der Waals surface area contributed by atoms with Crippen LogP contribution in [-0.4, -0.2) is 60.0 Å². The van der Waals surface area contributed by atoms with E-state index in [4.69, 9.17) is 4.74 Å². The molecule has 1 fully saturated rings. The van der Waals surface area contributed by atoms with Gasteiger partial charge in [0.2, 0.25) is 0 Å². The maximum Gasteiger partial charge on any atom is 0.272 e. The molecule has 4 rings (SSSR count). The summed E-state index contributed by atoms with van der Waals surface area (Å²) in [6, 6.07) is 6.24. The lowest BCUT2D eigenvalue weighted by molar-refractivity contribution is 0.0374. The molecule has 1 aliphatic heterocycles. The van der Waals surface area contributed by atoms with Crippen molar-refractivity contribution in [3.8, 4) is 5.69 Å². The van der Waals surface area contributed by atoms with Crippen molar-refractivity contribution in [1.82, 2.24) is 20.0 Å². The van der Waals surface area contributed by atoms with E-state index in [1.165, 1.54) is 12.1 Å². The monoisotopic (exact) mass is 372 g/mol. The molecule has 1 aliphatic carbocycles. The minimum absolute atomic E-state index is 0.115. The Morgan fingerprint density at radius 1 is 1.19 bits per heavy atom. The van der Waals surface area contributed by atoms with Crippen LogP contribution in [0.3, 0.4) is 0 Å². The summed E-state index contributed by atoms with van der Waals surface area (Å²) < 4.78 is 20.4. The van der Waals surface area contributed by atoms with Gasteiger partial charge in [-0.05, 0) is 56.5 Å². The van der Waals surface area contributed by atoms with Gasteiger partial charge in [-0.1, -0.05) is 0 Å². The van der Waals surface area contributed by atoms with Crippen molar-refractivity contribution < 1.29 is 13.9 Å². The molecule has 144 valence electrons. The standard InChI is InChI=1S/C20H25FN4O2/c21-15-5-7-16(8-6-15)25-18-4-1-3-17(18)19(23-25)20(26)22-9-2-10-24-11-13-27-14-12-24/h5-8H,1-4,9-14H2,(H,22,26). The third-order valence-electron chi connectivity index (χ3n) is 5.26. The number of ether oxygens (including phenoxy) is 1. The first-order chi connectivity index (χ1) is 13.2. The molecule has 0 atom stereocenters. The van der Waals surface area contributed by atoms with Gasteiger partial charge >= 0.3 is 0 Å². The first-order valence-corrected chi connectivity index (χ1v) is 9.67. The van der Waals surface area contributed by atoms with Crippen LogP contribution in [0.4, 0.5) is 4.39 Å². The fourth-order valence-corrected chi connectivity index (χ4v) is 3.83. The Bertz CT molecular complexity index is 797. The zero-order valence-corrected chi connectivity index (χ0v) is 15.4. The summed E-state index contributed by atoms with van der Waals surface area (Å²) in [5.74, 6) is -0.392. The van der Waals surface area contributed by atoms with Crippen LogP contribution < -0.4 is 5.32 Å². The van der Waals surface area contributed by atoms with Gasteiger partial charge in [0.1, 0.15) is 5.82 Å². The number of halogens is 1. The number of amides is 1. The van der Waals surface area contributed by atoms with Crippen LogP contribution in [0.2, 0.25) is 0 Å². The summed E-state index contributed by atoms with van der Waals surface area (Å²) in [7, 11) is 0. The molecule has 1 aromatic heterocycles. The number of carbonyl (C=O) groups excluding carboxylic acids is 1. The summed E-state index contributed by atoms with van der Waals surface area (Å²) >= 11 is 0. The van der Waals surface area contributed by atoms with Gasteiger partial charge in [0, 0.05) is 30.9 Å². The quantitative estimate of drug-likeness (QED) is 0.788. The molecular formula is C20H25FN4O2. The highest BCUT2D eigenvalue weighted by atomic mass is 19.1. The van der Waals surface area contributed by atoms with Crippen LogP contribution in [-0.2, 0) is 17.6 Å². The van der Waals surface area contributed by atoms with Crippen LogP contribution in [0, 0.1) is 5.82 Å². The van der Waals surface area contributed by atoms with Crippen molar-refractivity contribution in [2.75, 3.05) is 39.4 Å². The van der Waals surface area contributed by atoms with Crippen molar-refractivity contribution in [3.63, 3.8) is 0 Å². The van der Waals surface area contributed by atoms with Gasteiger partial charge in [-0.25, -0.2) is 9.07 Å². The van der Waals surface area contributed by atoms with Crippen molar-refractivity contribution >= 4 is 5.91 Å². The zero-order chi connectivity index (χ0) is 18.6. The van der Waals surface area contributed by atoms with Gasteiger partial charge in [-0.3, -0.25) is 9.69 Å². The van der Waals surface area contributed by atoms with Crippen LogP contribution in [0.1, 0.15) is 34.6 Å². The number of carbonyl (C=O) groups is 1. The van der Waals surface area contributed by atoms with Crippen molar-refractivity contribution in [2.24, 2.45) is 0 Å². The molecule has 2 aromatic rings. The molecule has 6 nitrogen and oxygen atoms in total. The second kappa shape index (κ2) is 8.19. The van der Waals surface area contributed by atoms with E-state index in [-0.39, 0.29) is 11.7 Å². The number of rotatable bonds is 6. The SMILES string of the molecule is O=C(NCCCN1CCOCC1)c1nn(-c2ccc(F)cc2)c2c1CCC2. The predicted molar refractivity (Wildman–Crippen MR) is 99.8 cm³/mol. The number of hydrogen-bond acceptors (Lipinski definition) is 4. The predicted octanol–water partition coefficient (Wildman–Crippen LogP) is 1.95. The van der Waals surface area contributed by atoms with E-state index >= 15 is 0 Å². The molecule has 0 bridgehead atoms. The van der Waals surface area contributed by atoms with Gasteiger partial charge in [-0.15, -0.1) is 0 Å². The highest BCUT2D eigenvalue weighted by molar-refractivity contribution is 5.94. The Kier molecular flexibility index (Phi) is 5.50. The van der Waals surface area contributed by atoms with Gasteiger partial charge < -0.3 is 10.1 Å². The van der Waals surface area contributed by atoms with Crippen LogP contribution >= 0.6 is 0 Å². The Hall–Kier alpha value is -2.25. The fraction of sp³-hybridized carbons (Fsp3) is 0.500. The molecule has 7 heteroatoms. The molecule has 0 spiro atoms. The second-order valence-corrected chi connectivity index (χ2v) is 7.08. The van der Waals surface area contributed by atoms with E-state index in [0.29, 0.717) is 12.2 Å². The Morgan fingerprint density at radius 2 is 1.96 bits per heavy atom. The number of nitrogens with zero attached hydrogens (tertiary/aromatic N) is 3. The first kappa shape index (κ1) is 18.1. The Morgan fingerprint density at radius 3 is 2.74 bits per heavy atom. The Balaban J connectivity index is 1.40. The molecule has 0 unspecified atom stereocenters. The minimum atomic E-state index is -0.277. The maximum atomic E-state index is 13.2. The minimum Gasteiger partial charge on any atom is -0.379 e. The lowest BCUT2D eigenvalue weighted by Gasteiger charge is -2.26.